The van der Waals surface area contributed by atoms with Gasteiger partial charge in [0.2, 0.25) is 17.7 Å². The van der Waals surface area contributed by atoms with Crippen LogP contribution in [0.2, 0.25) is 0 Å². The van der Waals surface area contributed by atoms with Crippen LogP contribution in [0, 0.1) is 17.8 Å². The van der Waals surface area contributed by atoms with Crippen LogP contribution in [-0.2, 0) is 19.1 Å². The number of amides is 3. The molecule has 0 aromatic rings. The predicted octanol–water partition coefficient (Wildman–Crippen LogP) is 2.62. The second kappa shape index (κ2) is 11.5. The lowest BCUT2D eigenvalue weighted by Crippen LogP contribution is -2.57. The van der Waals surface area contributed by atoms with Crippen LogP contribution in [0.5, 0.6) is 0 Å². The van der Waals surface area contributed by atoms with Gasteiger partial charge in [0.05, 0.1) is 17.4 Å². The molecular formula is C28H45N3O5. The molecule has 1 N–H and O–H groups in total. The summed E-state index contributed by atoms with van der Waals surface area (Å²) in [4.78, 5) is 47.3. The molecule has 3 unspecified atom stereocenters. The third kappa shape index (κ3) is 4.51. The molecule has 1 spiro atoms. The van der Waals surface area contributed by atoms with Gasteiger partial charge in [0.1, 0.15) is 11.6 Å². The van der Waals surface area contributed by atoms with Crippen molar-refractivity contribution in [1.82, 2.24) is 14.7 Å². The fraction of sp³-hybridized carbons (Fsp3) is 0.750. The maximum atomic E-state index is 14.1. The summed E-state index contributed by atoms with van der Waals surface area (Å²) in [5.74, 6) is -1.86. The molecule has 0 aromatic carbocycles. The van der Waals surface area contributed by atoms with Crippen molar-refractivity contribution in [3.8, 4) is 0 Å². The van der Waals surface area contributed by atoms with Crippen molar-refractivity contribution in [2.75, 3.05) is 39.3 Å². The topological polar surface area (TPSA) is 90.4 Å². The van der Waals surface area contributed by atoms with Gasteiger partial charge in [0, 0.05) is 39.3 Å². The van der Waals surface area contributed by atoms with Gasteiger partial charge in [-0.3, -0.25) is 14.4 Å². The summed E-state index contributed by atoms with van der Waals surface area (Å²) in [7, 11) is 0. The van der Waals surface area contributed by atoms with E-state index in [1.807, 2.05) is 13.8 Å². The number of likely N-dealkylation sites (tertiary alicyclic amines) is 1. The van der Waals surface area contributed by atoms with E-state index in [0.717, 1.165) is 19.3 Å². The first kappa shape index (κ1) is 28.4. The van der Waals surface area contributed by atoms with Gasteiger partial charge in [-0.1, -0.05) is 39.3 Å². The lowest BCUT2D eigenvalue weighted by atomic mass is 9.62. The second-order valence-electron chi connectivity index (χ2n) is 10.8. The minimum atomic E-state index is -1.06. The van der Waals surface area contributed by atoms with Crippen molar-refractivity contribution in [1.29, 1.82) is 0 Å². The molecule has 0 aliphatic carbocycles. The lowest BCUT2D eigenvalue weighted by Gasteiger charge is -2.39. The quantitative estimate of drug-likeness (QED) is 0.368. The summed E-state index contributed by atoms with van der Waals surface area (Å²) in [5.41, 5.74) is -1.89. The van der Waals surface area contributed by atoms with Crippen LogP contribution in [0.1, 0.15) is 59.8 Å². The molecule has 3 rings (SSSR count). The Kier molecular flexibility index (Phi) is 9.04. The Labute approximate surface area is 216 Å². The predicted molar refractivity (Wildman–Crippen MR) is 139 cm³/mol. The van der Waals surface area contributed by atoms with E-state index in [0.29, 0.717) is 39.0 Å². The van der Waals surface area contributed by atoms with Gasteiger partial charge >= 0.3 is 0 Å². The van der Waals surface area contributed by atoms with Crippen LogP contribution >= 0.6 is 0 Å². The Morgan fingerprint density at radius 3 is 2.31 bits per heavy atom. The number of aliphatic hydroxyl groups is 1. The molecule has 8 heteroatoms. The van der Waals surface area contributed by atoms with Crippen molar-refractivity contribution in [3.63, 3.8) is 0 Å². The number of hydrogen-bond acceptors (Lipinski definition) is 5. The Morgan fingerprint density at radius 1 is 1.11 bits per heavy atom. The van der Waals surface area contributed by atoms with E-state index >= 15 is 0 Å². The first-order valence-corrected chi connectivity index (χ1v) is 13.6. The van der Waals surface area contributed by atoms with Gasteiger partial charge in [0.25, 0.3) is 0 Å². The molecule has 3 heterocycles. The van der Waals surface area contributed by atoms with Gasteiger partial charge in [-0.05, 0) is 38.5 Å². The summed E-state index contributed by atoms with van der Waals surface area (Å²) in [5, 5.41) is 9.55. The summed E-state index contributed by atoms with van der Waals surface area (Å²) in [6, 6.07) is -0.820. The highest BCUT2D eigenvalue weighted by molar-refractivity contribution is 5.99. The number of aliphatic hydroxyl groups excluding tert-OH is 1. The highest BCUT2D eigenvalue weighted by Crippen LogP contribution is 2.65. The minimum absolute atomic E-state index is 0.000652. The zero-order valence-electron chi connectivity index (χ0n) is 22.6. The number of rotatable bonds is 14. The third-order valence-corrected chi connectivity index (χ3v) is 8.47. The van der Waals surface area contributed by atoms with Crippen LogP contribution < -0.4 is 0 Å². The highest BCUT2D eigenvalue weighted by atomic mass is 16.5. The molecule has 0 radical (unpaired) electrons. The zero-order valence-corrected chi connectivity index (χ0v) is 22.6. The molecule has 0 aromatic heterocycles. The SMILES string of the molecule is C=CCN(CCCC)C(=O)C1N(CCCO)C(=O)[C@@H]2[C@@H](C(=O)N(CC=C)CCC)[C@]3(C)OC12CC3C. The van der Waals surface area contributed by atoms with Crippen LogP contribution in [0.15, 0.2) is 25.3 Å². The molecule has 3 fully saturated rings. The van der Waals surface area contributed by atoms with E-state index in [1.165, 1.54) is 0 Å². The molecule has 8 nitrogen and oxygen atoms in total. The molecule has 3 aliphatic rings. The molecule has 202 valence electrons. The largest absolute Gasteiger partial charge is 0.396 e. The Balaban J connectivity index is 2.09. The number of nitrogens with zero attached hydrogens (tertiary/aromatic N) is 3. The van der Waals surface area contributed by atoms with Crippen molar-refractivity contribution in [3.05, 3.63) is 25.3 Å². The number of ether oxygens (including phenoxy) is 1. The van der Waals surface area contributed by atoms with Crippen molar-refractivity contribution >= 4 is 17.7 Å². The Morgan fingerprint density at radius 2 is 1.75 bits per heavy atom. The number of carbonyl (C=O) groups excluding carboxylic acids is 3. The first-order valence-electron chi connectivity index (χ1n) is 13.6. The molecule has 6 atom stereocenters. The van der Waals surface area contributed by atoms with Gasteiger partial charge in [0.15, 0.2) is 0 Å². The number of hydrogen-bond donors (Lipinski definition) is 1. The molecule has 3 saturated heterocycles. The Bertz CT molecular complexity index is 862. The monoisotopic (exact) mass is 503 g/mol. The van der Waals surface area contributed by atoms with Crippen LogP contribution in [-0.4, -0.2) is 94.1 Å². The average Bonchev–Trinajstić information content (AvgIpc) is 3.36. The van der Waals surface area contributed by atoms with Crippen molar-refractivity contribution < 1.29 is 24.2 Å². The summed E-state index contributed by atoms with van der Waals surface area (Å²) >= 11 is 0. The fourth-order valence-electron chi connectivity index (χ4n) is 6.76. The van der Waals surface area contributed by atoms with Gasteiger partial charge in [-0.15, -0.1) is 13.2 Å². The molecule has 3 amide bonds. The molecular weight excluding hydrogens is 458 g/mol. The summed E-state index contributed by atoms with van der Waals surface area (Å²) < 4.78 is 6.80. The maximum absolute atomic E-state index is 14.1. The Hall–Kier alpha value is -2.19. The molecule has 36 heavy (non-hydrogen) atoms. The standard InChI is InChI=1S/C28H45N3O5/c1-7-11-16-30(15-10-4)26(35)23-28-19-20(5)27(6,36-28)21(24(33)29(13-8-2)14-9-3)22(28)25(34)31(23)17-12-18-32/h8,10,20-23,32H,2,4,7,9,11-19H2,1,3,5-6H3/t20?,21-,22-,23?,27+,28?/m0/s1. The number of unbranched alkanes of at least 4 members (excludes halogenated alkanes) is 1. The lowest BCUT2D eigenvalue weighted by molar-refractivity contribution is -0.154. The molecule has 3 aliphatic heterocycles. The van der Waals surface area contributed by atoms with Gasteiger partial charge < -0.3 is 24.5 Å². The van der Waals surface area contributed by atoms with Crippen molar-refractivity contribution in [2.45, 2.75) is 77.0 Å². The number of fused-ring (bicyclic) bond motifs is 1. The van der Waals surface area contributed by atoms with E-state index < -0.39 is 29.1 Å². The van der Waals surface area contributed by atoms with Gasteiger partial charge in [-0.25, -0.2) is 0 Å². The van der Waals surface area contributed by atoms with E-state index in [-0.39, 0.29) is 36.8 Å². The first-order chi connectivity index (χ1) is 17.2. The van der Waals surface area contributed by atoms with Crippen LogP contribution in [0.3, 0.4) is 0 Å². The zero-order chi connectivity index (χ0) is 26.7. The molecule has 0 saturated carbocycles. The van der Waals surface area contributed by atoms with E-state index in [9.17, 15) is 19.5 Å². The average molecular weight is 504 g/mol. The van der Waals surface area contributed by atoms with E-state index in [4.69, 9.17) is 4.74 Å². The highest BCUT2D eigenvalue weighted by Gasteiger charge is 2.80. The fourth-order valence-corrected chi connectivity index (χ4v) is 6.76. The van der Waals surface area contributed by atoms with E-state index in [2.05, 4.69) is 27.0 Å². The summed E-state index contributed by atoms with van der Waals surface area (Å²) in [6.45, 7) is 17.8. The summed E-state index contributed by atoms with van der Waals surface area (Å²) in [6.07, 6.45) is 6.89. The van der Waals surface area contributed by atoms with Crippen molar-refractivity contribution in [2.24, 2.45) is 17.8 Å². The minimum Gasteiger partial charge on any atom is -0.396 e. The number of carbonyl (C=O) groups is 3. The van der Waals surface area contributed by atoms with E-state index in [1.54, 1.807) is 26.9 Å². The molecule has 2 bridgehead atoms. The van der Waals surface area contributed by atoms with Crippen LogP contribution in [0.4, 0.5) is 0 Å². The maximum Gasteiger partial charge on any atom is 0.248 e. The second-order valence-corrected chi connectivity index (χ2v) is 10.8. The normalized spacial score (nSPS) is 32.5. The smallest absolute Gasteiger partial charge is 0.248 e. The van der Waals surface area contributed by atoms with Gasteiger partial charge in [-0.2, -0.15) is 0 Å². The third-order valence-electron chi connectivity index (χ3n) is 8.47. The van der Waals surface area contributed by atoms with Crippen LogP contribution in [0.25, 0.3) is 0 Å².